The molecule has 2 aliphatic rings. The highest BCUT2D eigenvalue weighted by atomic mass is 16.2. The summed E-state index contributed by atoms with van der Waals surface area (Å²) in [5.41, 5.74) is 2.26. The molecule has 3 rings (SSSR count). The van der Waals surface area contributed by atoms with E-state index in [-0.39, 0.29) is 23.8 Å². The van der Waals surface area contributed by atoms with E-state index in [1.165, 1.54) is 5.69 Å². The minimum atomic E-state index is -0.231. The normalized spacial score (nSPS) is 20.3. The maximum Gasteiger partial charge on any atom is 0.225 e. The SMILES string of the molecule is CC(C)N1C[C@H](C(=O)NCc2cccc(N3CC=CC3)c2)CC1=O. The Balaban J connectivity index is 1.55. The molecule has 0 bridgehead atoms. The summed E-state index contributed by atoms with van der Waals surface area (Å²) in [6.07, 6.45) is 4.64. The van der Waals surface area contributed by atoms with Crippen molar-refractivity contribution in [2.75, 3.05) is 24.5 Å². The largest absolute Gasteiger partial charge is 0.364 e. The van der Waals surface area contributed by atoms with Gasteiger partial charge in [0.15, 0.2) is 0 Å². The fourth-order valence-electron chi connectivity index (χ4n) is 3.29. The van der Waals surface area contributed by atoms with Gasteiger partial charge in [0.1, 0.15) is 0 Å². The van der Waals surface area contributed by atoms with E-state index in [4.69, 9.17) is 0 Å². The van der Waals surface area contributed by atoms with Crippen molar-refractivity contribution in [2.45, 2.75) is 32.9 Å². The standard InChI is InChI=1S/C19H25N3O2/c1-14(2)22-13-16(11-18(22)23)19(24)20-12-15-6-5-7-17(10-15)21-8-3-4-9-21/h3-7,10,14,16H,8-9,11-13H2,1-2H3,(H,20,24)/t16-/m1/s1. The number of amides is 2. The van der Waals surface area contributed by atoms with Gasteiger partial charge in [0.25, 0.3) is 0 Å². The smallest absolute Gasteiger partial charge is 0.225 e. The first-order valence-corrected chi connectivity index (χ1v) is 8.60. The lowest BCUT2D eigenvalue weighted by Crippen LogP contribution is -2.35. The monoisotopic (exact) mass is 327 g/mol. The van der Waals surface area contributed by atoms with Crippen molar-refractivity contribution in [3.05, 3.63) is 42.0 Å². The van der Waals surface area contributed by atoms with E-state index in [9.17, 15) is 9.59 Å². The van der Waals surface area contributed by atoms with Gasteiger partial charge in [-0.3, -0.25) is 9.59 Å². The number of nitrogens with one attached hydrogen (secondary N) is 1. The Bertz CT molecular complexity index is 646. The number of hydrogen-bond donors (Lipinski definition) is 1. The molecule has 1 aromatic rings. The van der Waals surface area contributed by atoms with E-state index in [2.05, 4.69) is 34.5 Å². The van der Waals surface area contributed by atoms with Gasteiger partial charge in [-0.25, -0.2) is 0 Å². The van der Waals surface area contributed by atoms with Gasteiger partial charge in [0.05, 0.1) is 5.92 Å². The van der Waals surface area contributed by atoms with Gasteiger partial charge in [-0.1, -0.05) is 24.3 Å². The predicted molar refractivity (Wildman–Crippen MR) is 94.6 cm³/mol. The number of hydrogen-bond acceptors (Lipinski definition) is 3. The van der Waals surface area contributed by atoms with Gasteiger partial charge in [-0.2, -0.15) is 0 Å². The number of carbonyl (C=O) groups is 2. The number of anilines is 1. The zero-order valence-electron chi connectivity index (χ0n) is 14.4. The third-order valence-electron chi connectivity index (χ3n) is 4.71. The van der Waals surface area contributed by atoms with Crippen molar-refractivity contribution in [3.8, 4) is 0 Å². The predicted octanol–water partition coefficient (Wildman–Crippen LogP) is 1.94. The third kappa shape index (κ3) is 3.61. The molecule has 0 spiro atoms. The van der Waals surface area contributed by atoms with Crippen LogP contribution in [0.2, 0.25) is 0 Å². The van der Waals surface area contributed by atoms with Crippen LogP contribution in [0.15, 0.2) is 36.4 Å². The Hall–Kier alpha value is -2.30. The molecule has 0 aliphatic carbocycles. The molecule has 2 aliphatic heterocycles. The van der Waals surface area contributed by atoms with Crippen molar-refractivity contribution in [3.63, 3.8) is 0 Å². The topological polar surface area (TPSA) is 52.7 Å². The first-order chi connectivity index (χ1) is 11.5. The molecule has 5 heteroatoms. The Morgan fingerprint density at radius 3 is 2.71 bits per heavy atom. The second kappa shape index (κ2) is 7.07. The summed E-state index contributed by atoms with van der Waals surface area (Å²) in [7, 11) is 0. The van der Waals surface area contributed by atoms with E-state index >= 15 is 0 Å². The maximum atomic E-state index is 12.4. The first kappa shape index (κ1) is 16.6. The summed E-state index contributed by atoms with van der Waals surface area (Å²) in [4.78, 5) is 28.4. The minimum absolute atomic E-state index is 0.0280. The molecule has 0 unspecified atom stereocenters. The molecule has 1 aromatic carbocycles. The molecule has 24 heavy (non-hydrogen) atoms. The number of benzene rings is 1. The van der Waals surface area contributed by atoms with Crippen molar-refractivity contribution in [2.24, 2.45) is 5.92 Å². The fourth-order valence-corrected chi connectivity index (χ4v) is 3.29. The van der Waals surface area contributed by atoms with Crippen LogP contribution in [0.25, 0.3) is 0 Å². The van der Waals surface area contributed by atoms with Crippen LogP contribution in [-0.2, 0) is 16.1 Å². The molecule has 2 amide bonds. The Morgan fingerprint density at radius 2 is 2.04 bits per heavy atom. The lowest BCUT2D eigenvalue weighted by atomic mass is 10.1. The second-order valence-corrected chi connectivity index (χ2v) is 6.80. The van der Waals surface area contributed by atoms with Gasteiger partial charge in [0.2, 0.25) is 11.8 Å². The highest BCUT2D eigenvalue weighted by Crippen LogP contribution is 2.21. The number of likely N-dealkylation sites (tertiary alicyclic amines) is 1. The molecular formula is C19H25N3O2. The molecule has 128 valence electrons. The van der Waals surface area contributed by atoms with E-state index < -0.39 is 0 Å². The van der Waals surface area contributed by atoms with Crippen LogP contribution in [0.3, 0.4) is 0 Å². The number of rotatable bonds is 5. The summed E-state index contributed by atoms with van der Waals surface area (Å²) >= 11 is 0. The molecule has 0 radical (unpaired) electrons. The Labute approximate surface area is 143 Å². The van der Waals surface area contributed by atoms with Crippen LogP contribution in [0, 0.1) is 5.92 Å². The van der Waals surface area contributed by atoms with Gasteiger partial charge < -0.3 is 15.1 Å². The summed E-state index contributed by atoms with van der Waals surface area (Å²) in [5.74, 6) is -0.181. The van der Waals surface area contributed by atoms with Crippen LogP contribution in [0.5, 0.6) is 0 Å². The molecule has 1 N–H and O–H groups in total. The highest BCUT2D eigenvalue weighted by Gasteiger charge is 2.35. The molecule has 0 aromatic heterocycles. The number of carbonyl (C=O) groups excluding carboxylic acids is 2. The molecule has 1 fully saturated rings. The quantitative estimate of drug-likeness (QED) is 0.841. The maximum absolute atomic E-state index is 12.4. The second-order valence-electron chi connectivity index (χ2n) is 6.80. The Morgan fingerprint density at radius 1 is 1.29 bits per heavy atom. The van der Waals surface area contributed by atoms with Crippen LogP contribution in [0.4, 0.5) is 5.69 Å². The molecule has 0 saturated carbocycles. The summed E-state index contributed by atoms with van der Waals surface area (Å²) in [6.45, 7) is 6.87. The average molecular weight is 327 g/mol. The van der Waals surface area contributed by atoms with E-state index in [0.717, 1.165) is 18.7 Å². The average Bonchev–Trinajstić information content (AvgIpc) is 3.22. The summed E-state index contributed by atoms with van der Waals surface area (Å²) in [5, 5.41) is 2.99. The first-order valence-electron chi connectivity index (χ1n) is 8.60. The van der Waals surface area contributed by atoms with Crippen molar-refractivity contribution in [1.82, 2.24) is 10.2 Å². The summed E-state index contributed by atoms with van der Waals surface area (Å²) < 4.78 is 0. The lowest BCUT2D eigenvalue weighted by molar-refractivity contribution is -0.129. The minimum Gasteiger partial charge on any atom is -0.364 e. The number of nitrogens with zero attached hydrogens (tertiary/aromatic N) is 2. The van der Waals surface area contributed by atoms with Crippen molar-refractivity contribution >= 4 is 17.5 Å². The van der Waals surface area contributed by atoms with Crippen LogP contribution >= 0.6 is 0 Å². The molecule has 1 atom stereocenters. The molecule has 2 heterocycles. The molecular weight excluding hydrogens is 302 g/mol. The summed E-state index contributed by atoms with van der Waals surface area (Å²) in [6, 6.07) is 8.41. The van der Waals surface area contributed by atoms with Gasteiger partial charge in [-0.05, 0) is 31.5 Å². The fraction of sp³-hybridized carbons (Fsp3) is 0.474. The Kier molecular flexibility index (Phi) is 4.88. The highest BCUT2D eigenvalue weighted by molar-refractivity contribution is 5.89. The van der Waals surface area contributed by atoms with Gasteiger partial charge >= 0.3 is 0 Å². The van der Waals surface area contributed by atoms with Gasteiger partial charge in [0, 0.05) is 44.3 Å². The van der Waals surface area contributed by atoms with E-state index in [1.807, 2.05) is 26.0 Å². The lowest BCUT2D eigenvalue weighted by Gasteiger charge is -2.21. The van der Waals surface area contributed by atoms with Crippen LogP contribution in [0.1, 0.15) is 25.8 Å². The molecule has 1 saturated heterocycles. The zero-order valence-corrected chi connectivity index (χ0v) is 14.4. The third-order valence-corrected chi connectivity index (χ3v) is 4.71. The van der Waals surface area contributed by atoms with Crippen LogP contribution < -0.4 is 10.2 Å². The van der Waals surface area contributed by atoms with Crippen molar-refractivity contribution in [1.29, 1.82) is 0 Å². The van der Waals surface area contributed by atoms with Crippen molar-refractivity contribution < 1.29 is 9.59 Å². The van der Waals surface area contributed by atoms with E-state index in [1.54, 1.807) is 4.90 Å². The molecule has 5 nitrogen and oxygen atoms in total. The van der Waals surface area contributed by atoms with E-state index in [0.29, 0.717) is 19.5 Å². The zero-order chi connectivity index (χ0) is 17.1. The van der Waals surface area contributed by atoms with Crippen LogP contribution in [-0.4, -0.2) is 42.4 Å². The van der Waals surface area contributed by atoms with Gasteiger partial charge in [-0.15, -0.1) is 0 Å².